The molecule has 0 saturated heterocycles. The number of rotatable bonds is 6. The maximum atomic E-state index is 12.5. The van der Waals surface area contributed by atoms with Crippen molar-refractivity contribution in [3.63, 3.8) is 0 Å². The molecular weight excluding hydrogens is 334 g/mol. The highest BCUT2D eigenvalue weighted by atomic mass is 16.5. The molecule has 0 aliphatic carbocycles. The molecule has 7 heteroatoms. The number of hydrogen-bond donors (Lipinski definition) is 2. The van der Waals surface area contributed by atoms with E-state index in [1.54, 1.807) is 44.3 Å². The molecule has 0 radical (unpaired) electrons. The van der Waals surface area contributed by atoms with Crippen LogP contribution in [0.4, 0.5) is 5.69 Å². The van der Waals surface area contributed by atoms with E-state index in [0.717, 1.165) is 0 Å². The third-order valence-corrected chi connectivity index (χ3v) is 3.86. The molecule has 0 spiro atoms. The van der Waals surface area contributed by atoms with Crippen LogP contribution < -0.4 is 10.6 Å². The van der Waals surface area contributed by atoms with Crippen molar-refractivity contribution in [1.29, 1.82) is 0 Å². The molecule has 2 amide bonds. The van der Waals surface area contributed by atoms with Crippen LogP contribution >= 0.6 is 0 Å². The predicted octanol–water partition coefficient (Wildman–Crippen LogP) is 2.15. The number of nitrogens with zero attached hydrogens (tertiary/aromatic N) is 1. The van der Waals surface area contributed by atoms with Crippen LogP contribution in [0.15, 0.2) is 48.7 Å². The second kappa shape index (κ2) is 8.24. The van der Waals surface area contributed by atoms with Gasteiger partial charge in [0.2, 0.25) is 11.8 Å². The summed E-state index contributed by atoms with van der Waals surface area (Å²) in [5.41, 5.74) is 0.275. The first-order chi connectivity index (χ1) is 12.3. The second-order valence-corrected chi connectivity index (χ2v) is 6.15. The molecule has 2 aromatic rings. The molecule has 1 aromatic carbocycles. The third kappa shape index (κ3) is 4.66. The van der Waals surface area contributed by atoms with Gasteiger partial charge in [0.15, 0.2) is 0 Å². The quantitative estimate of drug-likeness (QED) is 0.611. The second-order valence-electron chi connectivity index (χ2n) is 6.15. The number of benzene rings is 1. The summed E-state index contributed by atoms with van der Waals surface area (Å²) in [7, 11) is 1.30. The number of aromatic nitrogens is 1. The number of nitrogens with one attached hydrogen (secondary N) is 2. The first-order valence-electron chi connectivity index (χ1n) is 8.02. The van der Waals surface area contributed by atoms with Gasteiger partial charge < -0.3 is 15.4 Å². The topological polar surface area (TPSA) is 97.4 Å². The van der Waals surface area contributed by atoms with Gasteiger partial charge in [0.25, 0.3) is 0 Å². The summed E-state index contributed by atoms with van der Waals surface area (Å²) in [4.78, 5) is 40.4. The van der Waals surface area contributed by atoms with Crippen molar-refractivity contribution in [3.05, 3.63) is 59.9 Å². The van der Waals surface area contributed by atoms with Gasteiger partial charge in [0, 0.05) is 11.9 Å². The van der Waals surface area contributed by atoms with Gasteiger partial charge in [-0.05, 0) is 50.2 Å². The standard InChI is InChI=1S/C19H21N3O4/c1-19(2,17(24)21-12-15-6-4-5-11-20-15)18(25)22-14-9-7-13(8-10-14)16(23)26-3/h4-11H,12H2,1-3H3,(H,21,24)(H,22,25). The van der Waals surface area contributed by atoms with E-state index in [9.17, 15) is 14.4 Å². The van der Waals surface area contributed by atoms with Crippen molar-refractivity contribution in [1.82, 2.24) is 10.3 Å². The summed E-state index contributed by atoms with van der Waals surface area (Å²) in [6.45, 7) is 3.32. The van der Waals surface area contributed by atoms with Crippen LogP contribution in [0.2, 0.25) is 0 Å². The Hall–Kier alpha value is -3.22. The number of hydrogen-bond acceptors (Lipinski definition) is 5. The van der Waals surface area contributed by atoms with Crippen LogP contribution in [0.1, 0.15) is 29.9 Å². The lowest BCUT2D eigenvalue weighted by atomic mass is 9.91. The third-order valence-electron chi connectivity index (χ3n) is 3.86. The fraction of sp³-hybridized carbons (Fsp3) is 0.263. The molecule has 0 bridgehead atoms. The number of ether oxygens (including phenoxy) is 1. The predicted molar refractivity (Wildman–Crippen MR) is 96.3 cm³/mol. The number of carbonyl (C=O) groups excluding carboxylic acids is 3. The SMILES string of the molecule is COC(=O)c1ccc(NC(=O)C(C)(C)C(=O)NCc2ccccn2)cc1. The Morgan fingerprint density at radius 1 is 1.04 bits per heavy atom. The molecule has 1 heterocycles. The van der Waals surface area contributed by atoms with E-state index < -0.39 is 23.2 Å². The minimum Gasteiger partial charge on any atom is -0.465 e. The molecule has 0 unspecified atom stereocenters. The molecule has 26 heavy (non-hydrogen) atoms. The summed E-state index contributed by atoms with van der Waals surface area (Å²) in [5.74, 6) is -1.33. The number of carbonyl (C=O) groups is 3. The molecule has 136 valence electrons. The Bertz CT molecular complexity index is 786. The Kier molecular flexibility index (Phi) is 6.06. The molecular formula is C19H21N3O4. The number of anilines is 1. The van der Waals surface area contributed by atoms with E-state index in [1.807, 2.05) is 6.07 Å². The fourth-order valence-electron chi connectivity index (χ4n) is 2.09. The lowest BCUT2D eigenvalue weighted by Gasteiger charge is -2.22. The van der Waals surface area contributed by atoms with Crippen molar-refractivity contribution >= 4 is 23.5 Å². The zero-order chi connectivity index (χ0) is 19.2. The van der Waals surface area contributed by atoms with Crippen molar-refractivity contribution < 1.29 is 19.1 Å². The highest BCUT2D eigenvalue weighted by Gasteiger charge is 2.36. The zero-order valence-corrected chi connectivity index (χ0v) is 14.9. The van der Waals surface area contributed by atoms with Crippen LogP contribution in [-0.2, 0) is 20.9 Å². The molecule has 7 nitrogen and oxygen atoms in total. The molecule has 2 N–H and O–H groups in total. The summed E-state index contributed by atoms with van der Waals surface area (Å²) >= 11 is 0. The highest BCUT2D eigenvalue weighted by Crippen LogP contribution is 2.20. The average molecular weight is 355 g/mol. The molecule has 2 rings (SSSR count). The summed E-state index contributed by atoms with van der Waals surface area (Å²) < 4.78 is 4.62. The molecule has 0 fully saturated rings. The van der Waals surface area contributed by atoms with Crippen molar-refractivity contribution in [2.75, 3.05) is 12.4 Å². The Morgan fingerprint density at radius 2 is 1.73 bits per heavy atom. The largest absolute Gasteiger partial charge is 0.465 e. The van der Waals surface area contributed by atoms with E-state index in [4.69, 9.17) is 0 Å². The summed E-state index contributed by atoms with van der Waals surface area (Å²) in [6, 6.07) is 11.6. The van der Waals surface area contributed by atoms with Crippen LogP contribution in [0, 0.1) is 5.41 Å². The highest BCUT2D eigenvalue weighted by molar-refractivity contribution is 6.09. The van der Waals surface area contributed by atoms with Gasteiger partial charge in [-0.1, -0.05) is 6.07 Å². The summed E-state index contributed by atoms with van der Waals surface area (Å²) in [5, 5.41) is 5.39. The minimum atomic E-state index is -1.28. The first-order valence-corrected chi connectivity index (χ1v) is 8.02. The molecule has 0 saturated carbocycles. The monoisotopic (exact) mass is 355 g/mol. The van der Waals surface area contributed by atoms with E-state index in [0.29, 0.717) is 16.9 Å². The minimum absolute atomic E-state index is 0.240. The zero-order valence-electron chi connectivity index (χ0n) is 14.9. The van der Waals surface area contributed by atoms with Crippen LogP contribution in [-0.4, -0.2) is 29.9 Å². The normalized spacial score (nSPS) is 10.7. The number of esters is 1. The summed E-state index contributed by atoms with van der Waals surface area (Å²) in [6.07, 6.45) is 1.64. The van der Waals surface area contributed by atoms with Crippen LogP contribution in [0.25, 0.3) is 0 Å². The van der Waals surface area contributed by atoms with Crippen molar-refractivity contribution in [3.8, 4) is 0 Å². The van der Waals surface area contributed by atoms with Crippen molar-refractivity contribution in [2.24, 2.45) is 5.41 Å². The maximum absolute atomic E-state index is 12.5. The van der Waals surface area contributed by atoms with E-state index in [-0.39, 0.29) is 6.54 Å². The number of pyridine rings is 1. The molecule has 0 atom stereocenters. The van der Waals surface area contributed by atoms with Crippen molar-refractivity contribution in [2.45, 2.75) is 20.4 Å². The molecule has 0 aliphatic rings. The lowest BCUT2D eigenvalue weighted by Crippen LogP contribution is -2.44. The lowest BCUT2D eigenvalue weighted by molar-refractivity contribution is -0.138. The molecule has 1 aromatic heterocycles. The van der Waals surface area contributed by atoms with Gasteiger partial charge in [-0.3, -0.25) is 14.6 Å². The number of methoxy groups -OCH3 is 1. The van der Waals surface area contributed by atoms with Crippen LogP contribution in [0.3, 0.4) is 0 Å². The Morgan fingerprint density at radius 3 is 2.31 bits per heavy atom. The van der Waals surface area contributed by atoms with Gasteiger partial charge in [0.05, 0.1) is 24.9 Å². The Labute approximate surface area is 151 Å². The Balaban J connectivity index is 1.97. The number of amides is 2. The van der Waals surface area contributed by atoms with Gasteiger partial charge in [-0.25, -0.2) is 4.79 Å². The fourth-order valence-corrected chi connectivity index (χ4v) is 2.09. The first kappa shape index (κ1) is 19.1. The van der Waals surface area contributed by atoms with E-state index >= 15 is 0 Å². The van der Waals surface area contributed by atoms with E-state index in [2.05, 4.69) is 20.4 Å². The maximum Gasteiger partial charge on any atom is 0.337 e. The smallest absolute Gasteiger partial charge is 0.337 e. The van der Waals surface area contributed by atoms with Crippen LogP contribution in [0.5, 0.6) is 0 Å². The van der Waals surface area contributed by atoms with Gasteiger partial charge in [-0.15, -0.1) is 0 Å². The van der Waals surface area contributed by atoms with Gasteiger partial charge in [0.1, 0.15) is 5.41 Å². The molecule has 0 aliphatic heterocycles. The van der Waals surface area contributed by atoms with Gasteiger partial charge >= 0.3 is 5.97 Å². The van der Waals surface area contributed by atoms with E-state index in [1.165, 1.54) is 19.2 Å². The van der Waals surface area contributed by atoms with Gasteiger partial charge in [-0.2, -0.15) is 0 Å². The average Bonchev–Trinajstić information content (AvgIpc) is 2.66.